The zero-order chi connectivity index (χ0) is 16.8. The average molecular weight is 320 g/mol. The summed E-state index contributed by atoms with van der Waals surface area (Å²) in [6.07, 6.45) is 0. The van der Waals surface area contributed by atoms with Crippen molar-refractivity contribution < 1.29 is 9.59 Å². The van der Waals surface area contributed by atoms with E-state index in [-0.39, 0.29) is 11.6 Å². The number of ketones is 2. The van der Waals surface area contributed by atoms with E-state index in [0.717, 1.165) is 16.3 Å². The molecule has 0 atom stereocenters. The van der Waals surface area contributed by atoms with E-state index in [1.807, 2.05) is 43.3 Å². The Bertz CT molecular complexity index is 817. The smallest absolute Gasteiger partial charge is 0.197 e. The van der Waals surface area contributed by atoms with Crippen LogP contribution in [0.5, 0.6) is 0 Å². The molecule has 0 fully saturated rings. The number of hydrogen-bond acceptors (Lipinski definition) is 2. The number of hydrogen-bond donors (Lipinski definition) is 0. The standard InChI is InChI=1S/C20H20O2Si/c1-13-9-5-6-10-14(13)20(23(2,3)4)17-18(21)15-11-7-8-12-16(15)19(17)22/h5-12H,1-4H3. The lowest BCUT2D eigenvalue weighted by molar-refractivity contribution is 0.0990. The minimum absolute atomic E-state index is 0.119. The van der Waals surface area contributed by atoms with Gasteiger partial charge in [-0.1, -0.05) is 68.2 Å². The molecule has 2 aromatic carbocycles. The fraction of sp³-hybridized carbons (Fsp3) is 0.200. The zero-order valence-corrected chi connectivity index (χ0v) is 14.9. The van der Waals surface area contributed by atoms with E-state index >= 15 is 0 Å². The summed E-state index contributed by atoms with van der Waals surface area (Å²) >= 11 is 0. The number of carbonyl (C=O) groups is 2. The Morgan fingerprint density at radius 3 is 1.74 bits per heavy atom. The normalized spacial score (nSPS) is 14.2. The van der Waals surface area contributed by atoms with Crippen molar-refractivity contribution in [3.05, 3.63) is 76.4 Å². The summed E-state index contributed by atoms with van der Waals surface area (Å²) in [5, 5.41) is 0.974. The molecule has 1 aliphatic rings. The van der Waals surface area contributed by atoms with E-state index in [2.05, 4.69) is 19.6 Å². The first-order valence-corrected chi connectivity index (χ1v) is 11.3. The highest BCUT2D eigenvalue weighted by Gasteiger charge is 2.39. The van der Waals surface area contributed by atoms with Gasteiger partial charge < -0.3 is 0 Å². The van der Waals surface area contributed by atoms with E-state index in [1.165, 1.54) is 0 Å². The summed E-state index contributed by atoms with van der Waals surface area (Å²) in [6, 6.07) is 15.2. The number of benzene rings is 2. The van der Waals surface area contributed by atoms with Gasteiger partial charge in [-0.05, 0) is 23.2 Å². The van der Waals surface area contributed by atoms with Crippen molar-refractivity contribution >= 4 is 24.8 Å². The maximum atomic E-state index is 12.9. The zero-order valence-electron chi connectivity index (χ0n) is 13.9. The minimum atomic E-state index is -1.91. The van der Waals surface area contributed by atoms with Crippen LogP contribution in [0.4, 0.5) is 0 Å². The first-order chi connectivity index (χ1) is 10.8. The molecule has 0 spiro atoms. The van der Waals surface area contributed by atoms with E-state index in [4.69, 9.17) is 0 Å². The van der Waals surface area contributed by atoms with Gasteiger partial charge in [0.05, 0.1) is 13.6 Å². The van der Waals surface area contributed by atoms with Crippen molar-refractivity contribution in [2.24, 2.45) is 0 Å². The number of fused-ring (bicyclic) bond motifs is 1. The van der Waals surface area contributed by atoms with Crippen LogP contribution in [0.2, 0.25) is 19.6 Å². The van der Waals surface area contributed by atoms with Gasteiger partial charge in [-0.2, -0.15) is 0 Å². The molecule has 1 aliphatic carbocycles. The number of Topliss-reactive ketones (excluding diaryl/α,β-unsaturated/α-hetero) is 2. The Morgan fingerprint density at radius 2 is 1.26 bits per heavy atom. The molecule has 0 bridgehead atoms. The predicted molar refractivity (Wildman–Crippen MR) is 96.5 cm³/mol. The molecule has 116 valence electrons. The molecule has 3 heteroatoms. The molecule has 0 amide bonds. The van der Waals surface area contributed by atoms with Crippen LogP contribution in [0.25, 0.3) is 5.20 Å². The molecule has 0 heterocycles. The number of aryl methyl sites for hydroxylation is 1. The Kier molecular flexibility index (Phi) is 3.69. The molecule has 0 aliphatic heterocycles. The van der Waals surface area contributed by atoms with Crippen molar-refractivity contribution in [3.8, 4) is 0 Å². The molecule has 2 aromatic rings. The van der Waals surface area contributed by atoms with Crippen molar-refractivity contribution in [2.75, 3.05) is 0 Å². The van der Waals surface area contributed by atoms with E-state index in [0.29, 0.717) is 16.7 Å². The van der Waals surface area contributed by atoms with Gasteiger partial charge in [-0.3, -0.25) is 9.59 Å². The number of carbonyl (C=O) groups excluding carboxylic acids is 2. The first kappa shape index (κ1) is 15.6. The van der Waals surface area contributed by atoms with E-state index < -0.39 is 8.07 Å². The summed E-state index contributed by atoms with van der Waals surface area (Å²) in [5.74, 6) is -0.238. The molecule has 0 N–H and O–H groups in total. The molecule has 2 nitrogen and oxygen atoms in total. The summed E-state index contributed by atoms with van der Waals surface area (Å²) in [4.78, 5) is 25.8. The quantitative estimate of drug-likeness (QED) is 0.456. The largest absolute Gasteiger partial charge is 0.288 e. The number of allylic oxidation sites excluding steroid dienone is 1. The van der Waals surface area contributed by atoms with Gasteiger partial charge >= 0.3 is 0 Å². The third-order valence-corrected chi connectivity index (χ3v) is 6.30. The summed E-state index contributed by atoms with van der Waals surface area (Å²) < 4.78 is 0. The topological polar surface area (TPSA) is 34.1 Å². The molecule has 0 radical (unpaired) electrons. The van der Waals surface area contributed by atoms with Gasteiger partial charge in [0.25, 0.3) is 0 Å². The van der Waals surface area contributed by atoms with Crippen LogP contribution in [-0.2, 0) is 0 Å². The third kappa shape index (κ3) is 2.51. The highest BCUT2D eigenvalue weighted by Crippen LogP contribution is 2.37. The fourth-order valence-corrected chi connectivity index (χ4v) is 5.31. The highest BCUT2D eigenvalue weighted by atomic mass is 28.3. The van der Waals surface area contributed by atoms with Crippen LogP contribution in [-0.4, -0.2) is 19.6 Å². The van der Waals surface area contributed by atoms with Crippen LogP contribution in [0.15, 0.2) is 54.1 Å². The Balaban J connectivity index is 2.35. The van der Waals surface area contributed by atoms with Crippen LogP contribution < -0.4 is 0 Å². The fourth-order valence-electron chi connectivity index (χ4n) is 3.25. The molecule has 3 rings (SSSR count). The lowest BCUT2D eigenvalue weighted by Gasteiger charge is -2.24. The Labute approximate surface area is 137 Å². The monoisotopic (exact) mass is 320 g/mol. The maximum absolute atomic E-state index is 12.9. The Morgan fingerprint density at radius 1 is 0.783 bits per heavy atom. The lowest BCUT2D eigenvalue weighted by atomic mass is 10.0. The SMILES string of the molecule is Cc1ccccc1C(=C1C(=O)c2ccccc2C1=O)[Si](C)(C)C. The minimum Gasteiger partial charge on any atom is -0.288 e. The van der Waals surface area contributed by atoms with Crippen LogP contribution in [0, 0.1) is 6.92 Å². The van der Waals surface area contributed by atoms with Gasteiger partial charge in [0.15, 0.2) is 11.6 Å². The van der Waals surface area contributed by atoms with Gasteiger partial charge in [-0.15, -0.1) is 0 Å². The average Bonchev–Trinajstić information content (AvgIpc) is 2.74. The van der Waals surface area contributed by atoms with Crippen molar-refractivity contribution in [1.29, 1.82) is 0 Å². The second-order valence-corrected chi connectivity index (χ2v) is 12.0. The van der Waals surface area contributed by atoms with Crippen molar-refractivity contribution in [3.63, 3.8) is 0 Å². The third-order valence-electron chi connectivity index (χ3n) is 4.28. The molecule has 0 unspecified atom stereocenters. The molecule has 0 aromatic heterocycles. The predicted octanol–water partition coefficient (Wildman–Crippen LogP) is 4.71. The number of rotatable bonds is 2. The van der Waals surface area contributed by atoms with Gasteiger partial charge in [0.1, 0.15) is 0 Å². The van der Waals surface area contributed by atoms with E-state index in [9.17, 15) is 9.59 Å². The molecular weight excluding hydrogens is 300 g/mol. The summed E-state index contributed by atoms with van der Waals surface area (Å²) in [6.45, 7) is 8.59. The highest BCUT2D eigenvalue weighted by molar-refractivity contribution is 6.95. The second kappa shape index (κ2) is 5.43. The maximum Gasteiger partial charge on any atom is 0.197 e. The second-order valence-electron chi connectivity index (χ2n) is 7.02. The van der Waals surface area contributed by atoms with Crippen molar-refractivity contribution in [2.45, 2.75) is 26.6 Å². The summed E-state index contributed by atoms with van der Waals surface area (Å²) in [7, 11) is -1.91. The van der Waals surface area contributed by atoms with Gasteiger partial charge in [-0.25, -0.2) is 0 Å². The molecular formula is C20H20O2Si. The first-order valence-electron chi connectivity index (χ1n) is 7.81. The van der Waals surface area contributed by atoms with Gasteiger partial charge in [0, 0.05) is 11.1 Å². The van der Waals surface area contributed by atoms with Crippen molar-refractivity contribution in [1.82, 2.24) is 0 Å². The Hall–Kier alpha value is -2.26. The van der Waals surface area contributed by atoms with E-state index in [1.54, 1.807) is 12.1 Å². The lowest BCUT2D eigenvalue weighted by Crippen LogP contribution is -2.27. The molecule has 0 saturated heterocycles. The van der Waals surface area contributed by atoms with Crippen LogP contribution >= 0.6 is 0 Å². The van der Waals surface area contributed by atoms with Crippen LogP contribution in [0.3, 0.4) is 0 Å². The molecule has 23 heavy (non-hydrogen) atoms. The summed E-state index contributed by atoms with van der Waals surface area (Å²) in [5.41, 5.74) is 3.61. The van der Waals surface area contributed by atoms with Gasteiger partial charge in [0.2, 0.25) is 0 Å². The molecule has 0 saturated carbocycles. The van der Waals surface area contributed by atoms with Crippen LogP contribution in [0.1, 0.15) is 31.8 Å².